The minimum Gasteiger partial charge on any atom is -0.341 e. The molecule has 1 rings (SSSR count). The maximum Gasteiger partial charge on any atom is 0.261 e. The Morgan fingerprint density at radius 3 is 2.48 bits per heavy atom. The Kier molecular flexibility index (Phi) is 5.75. The maximum absolute atomic E-state index is 13.8. The van der Waals surface area contributed by atoms with E-state index in [1.807, 2.05) is 13.8 Å². The van der Waals surface area contributed by atoms with Crippen LogP contribution in [0.2, 0.25) is 0 Å². The molecule has 7 heteroatoms. The first kappa shape index (κ1) is 17.9. The molecular formula is C14H19ClFNO3S. The third-order valence-corrected chi connectivity index (χ3v) is 4.88. The van der Waals surface area contributed by atoms with Crippen LogP contribution >= 0.6 is 10.7 Å². The molecule has 1 aromatic rings. The Hall–Kier alpha value is -1.14. The average molecular weight is 336 g/mol. The van der Waals surface area contributed by atoms with Crippen molar-refractivity contribution in [1.82, 2.24) is 4.90 Å². The van der Waals surface area contributed by atoms with Crippen LogP contribution in [0.4, 0.5) is 4.39 Å². The molecule has 1 unspecified atom stereocenters. The van der Waals surface area contributed by atoms with E-state index in [0.29, 0.717) is 12.5 Å². The molecule has 0 fully saturated rings. The molecule has 0 aromatic heterocycles. The number of hydrogen-bond donors (Lipinski definition) is 0. The second-order valence-corrected chi connectivity index (χ2v) is 7.75. The minimum absolute atomic E-state index is 0.0249. The lowest BCUT2D eigenvalue weighted by molar-refractivity contribution is 0.0774. The largest absolute Gasteiger partial charge is 0.341 e. The van der Waals surface area contributed by atoms with Gasteiger partial charge in [0.05, 0.1) is 4.90 Å². The van der Waals surface area contributed by atoms with E-state index in [2.05, 4.69) is 0 Å². The van der Waals surface area contributed by atoms with Gasteiger partial charge in [-0.15, -0.1) is 0 Å². The molecule has 0 spiro atoms. The van der Waals surface area contributed by atoms with Crippen molar-refractivity contribution in [2.24, 2.45) is 5.92 Å². The molecule has 118 valence electrons. The number of halogens is 2. The molecule has 1 aromatic carbocycles. The van der Waals surface area contributed by atoms with Crippen LogP contribution in [0, 0.1) is 18.7 Å². The molecule has 0 saturated heterocycles. The van der Waals surface area contributed by atoms with Crippen molar-refractivity contribution in [3.05, 3.63) is 29.1 Å². The fourth-order valence-electron chi connectivity index (χ4n) is 1.93. The zero-order valence-corrected chi connectivity index (χ0v) is 14.1. The average Bonchev–Trinajstić information content (AvgIpc) is 2.39. The van der Waals surface area contributed by atoms with Crippen LogP contribution in [-0.4, -0.2) is 32.8 Å². The number of carbonyl (C=O) groups is 1. The van der Waals surface area contributed by atoms with E-state index in [1.54, 1.807) is 7.05 Å². The molecule has 0 saturated carbocycles. The Labute approximate surface area is 129 Å². The van der Waals surface area contributed by atoms with E-state index in [0.717, 1.165) is 18.6 Å². The first-order valence-electron chi connectivity index (χ1n) is 6.58. The quantitative estimate of drug-likeness (QED) is 0.776. The highest BCUT2D eigenvalue weighted by Gasteiger charge is 2.22. The van der Waals surface area contributed by atoms with Gasteiger partial charge in [0.2, 0.25) is 0 Å². The van der Waals surface area contributed by atoms with Crippen LogP contribution in [0.25, 0.3) is 0 Å². The summed E-state index contributed by atoms with van der Waals surface area (Å²) >= 11 is 0. The van der Waals surface area contributed by atoms with E-state index in [-0.39, 0.29) is 16.0 Å². The fourth-order valence-corrected chi connectivity index (χ4v) is 3.14. The van der Waals surface area contributed by atoms with E-state index in [1.165, 1.54) is 11.8 Å². The Morgan fingerprint density at radius 2 is 2.00 bits per heavy atom. The van der Waals surface area contributed by atoms with Crippen LogP contribution in [0.5, 0.6) is 0 Å². The molecule has 0 aliphatic rings. The number of nitrogens with zero attached hydrogens (tertiary/aromatic N) is 1. The lowest BCUT2D eigenvalue weighted by Gasteiger charge is -2.21. The first-order chi connectivity index (χ1) is 9.57. The van der Waals surface area contributed by atoms with E-state index in [9.17, 15) is 17.6 Å². The van der Waals surface area contributed by atoms with Gasteiger partial charge in [0.1, 0.15) is 5.82 Å². The van der Waals surface area contributed by atoms with Gasteiger partial charge >= 0.3 is 0 Å². The topological polar surface area (TPSA) is 54.5 Å². The predicted molar refractivity (Wildman–Crippen MR) is 80.6 cm³/mol. The molecule has 21 heavy (non-hydrogen) atoms. The summed E-state index contributed by atoms with van der Waals surface area (Å²) in [6, 6.07) is 2.16. The second kappa shape index (κ2) is 6.75. The summed E-state index contributed by atoms with van der Waals surface area (Å²) in [6.45, 7) is 5.82. The lowest BCUT2D eigenvalue weighted by atomic mass is 10.1. The predicted octanol–water partition coefficient (Wildman–Crippen LogP) is 3.18. The molecule has 0 aliphatic heterocycles. The van der Waals surface area contributed by atoms with Gasteiger partial charge in [0.15, 0.2) is 0 Å². The number of rotatable bonds is 5. The van der Waals surface area contributed by atoms with Crippen LogP contribution < -0.4 is 0 Å². The highest BCUT2D eigenvalue weighted by molar-refractivity contribution is 8.13. The van der Waals surface area contributed by atoms with Crippen LogP contribution in [0.15, 0.2) is 17.0 Å². The molecule has 1 amide bonds. The SMILES string of the molecule is CCC(C)CN(C)C(=O)c1cc(F)c(C)c(S(=O)(=O)Cl)c1. The summed E-state index contributed by atoms with van der Waals surface area (Å²) in [5.74, 6) is -0.904. The number of hydrogen-bond acceptors (Lipinski definition) is 3. The van der Waals surface area contributed by atoms with Crippen molar-refractivity contribution in [2.45, 2.75) is 32.1 Å². The van der Waals surface area contributed by atoms with Gasteiger partial charge in [-0.2, -0.15) is 0 Å². The summed E-state index contributed by atoms with van der Waals surface area (Å²) in [5.41, 5.74) is -0.116. The van der Waals surface area contributed by atoms with Gasteiger partial charge in [-0.25, -0.2) is 12.8 Å². The van der Waals surface area contributed by atoms with Crippen molar-refractivity contribution in [3.63, 3.8) is 0 Å². The summed E-state index contributed by atoms with van der Waals surface area (Å²) in [6.07, 6.45) is 0.904. The lowest BCUT2D eigenvalue weighted by Crippen LogP contribution is -2.31. The normalized spacial score (nSPS) is 13.0. The molecule has 0 heterocycles. The molecular weight excluding hydrogens is 317 g/mol. The monoisotopic (exact) mass is 335 g/mol. The molecule has 4 nitrogen and oxygen atoms in total. The number of benzene rings is 1. The Morgan fingerprint density at radius 1 is 1.43 bits per heavy atom. The van der Waals surface area contributed by atoms with E-state index in [4.69, 9.17) is 10.7 Å². The maximum atomic E-state index is 13.8. The van der Waals surface area contributed by atoms with Crippen molar-refractivity contribution in [2.75, 3.05) is 13.6 Å². The fraction of sp³-hybridized carbons (Fsp3) is 0.500. The summed E-state index contributed by atoms with van der Waals surface area (Å²) in [5, 5.41) is 0. The second-order valence-electron chi connectivity index (χ2n) is 5.22. The van der Waals surface area contributed by atoms with Gasteiger partial charge in [0, 0.05) is 35.4 Å². The molecule has 0 aliphatic carbocycles. The van der Waals surface area contributed by atoms with Gasteiger partial charge in [-0.1, -0.05) is 20.3 Å². The standard InChI is InChI=1S/C14H19ClFNO3S/c1-5-9(2)8-17(4)14(18)11-6-12(16)10(3)13(7-11)21(15,19)20/h6-7,9H,5,8H2,1-4H3. The van der Waals surface area contributed by atoms with Crippen molar-refractivity contribution in [3.8, 4) is 0 Å². The summed E-state index contributed by atoms with van der Waals surface area (Å²) in [4.78, 5) is 13.3. The highest BCUT2D eigenvalue weighted by Crippen LogP contribution is 2.24. The van der Waals surface area contributed by atoms with Gasteiger partial charge in [-0.05, 0) is 25.0 Å². The minimum atomic E-state index is -4.10. The van der Waals surface area contributed by atoms with E-state index < -0.39 is 20.8 Å². The number of amides is 1. The molecule has 0 bridgehead atoms. The van der Waals surface area contributed by atoms with Gasteiger partial charge in [0.25, 0.3) is 15.0 Å². The molecule has 1 atom stereocenters. The van der Waals surface area contributed by atoms with Crippen LogP contribution in [-0.2, 0) is 9.05 Å². The van der Waals surface area contributed by atoms with Gasteiger partial charge < -0.3 is 4.90 Å². The van der Waals surface area contributed by atoms with Gasteiger partial charge in [-0.3, -0.25) is 4.79 Å². The zero-order chi connectivity index (χ0) is 16.4. The van der Waals surface area contributed by atoms with Crippen molar-refractivity contribution < 1.29 is 17.6 Å². The third kappa shape index (κ3) is 4.41. The highest BCUT2D eigenvalue weighted by atomic mass is 35.7. The smallest absolute Gasteiger partial charge is 0.261 e. The summed E-state index contributed by atoms with van der Waals surface area (Å²) < 4.78 is 36.7. The zero-order valence-electron chi connectivity index (χ0n) is 12.5. The first-order valence-corrected chi connectivity index (χ1v) is 8.89. The van der Waals surface area contributed by atoms with Crippen molar-refractivity contribution >= 4 is 25.6 Å². The van der Waals surface area contributed by atoms with Crippen LogP contribution in [0.1, 0.15) is 36.2 Å². The Balaban J connectivity index is 3.20. The third-order valence-electron chi connectivity index (χ3n) is 3.44. The Bertz CT molecular complexity index is 646. The summed E-state index contributed by atoms with van der Waals surface area (Å²) in [7, 11) is 2.77. The number of carbonyl (C=O) groups excluding carboxylic acids is 1. The molecule has 0 radical (unpaired) electrons. The van der Waals surface area contributed by atoms with Crippen LogP contribution in [0.3, 0.4) is 0 Å². The van der Waals surface area contributed by atoms with E-state index >= 15 is 0 Å². The van der Waals surface area contributed by atoms with Crippen molar-refractivity contribution in [1.29, 1.82) is 0 Å². The molecule has 0 N–H and O–H groups in total.